The van der Waals surface area contributed by atoms with Crippen LogP contribution in [0.2, 0.25) is 0 Å². The largest absolute Gasteiger partial charge is 0.317 e. The highest BCUT2D eigenvalue weighted by atomic mass is 19.1. The summed E-state index contributed by atoms with van der Waals surface area (Å²) >= 11 is 0. The van der Waals surface area contributed by atoms with Crippen LogP contribution < -0.4 is 5.32 Å². The fraction of sp³-hybridized carbons (Fsp3) is 0.308. The first-order chi connectivity index (χ1) is 9.13. The lowest BCUT2D eigenvalue weighted by molar-refractivity contribution is 0.101. The molecule has 1 fully saturated rings. The van der Waals surface area contributed by atoms with E-state index in [1.54, 1.807) is 13.0 Å². The number of H-pyrrole nitrogens is 1. The average Bonchev–Trinajstić information content (AvgIpc) is 3.10. The van der Waals surface area contributed by atoms with Crippen molar-refractivity contribution in [3.8, 4) is 0 Å². The summed E-state index contributed by atoms with van der Waals surface area (Å²) in [4.78, 5) is 16.0. The molecule has 0 saturated heterocycles. The molecule has 0 unspecified atom stereocenters. The highest BCUT2D eigenvalue weighted by molar-refractivity contribution is 6.01. The summed E-state index contributed by atoms with van der Waals surface area (Å²) in [6, 6.07) is 4.62. The molecule has 0 aliphatic heterocycles. The number of aromatic nitrogens is 3. The number of amides is 1. The molecule has 5 nitrogen and oxygen atoms in total. The number of nitrogens with zero attached hydrogens (tertiary/aromatic N) is 2. The van der Waals surface area contributed by atoms with Gasteiger partial charge in [-0.1, -0.05) is 6.07 Å². The van der Waals surface area contributed by atoms with E-state index in [9.17, 15) is 9.18 Å². The maximum atomic E-state index is 13.6. The van der Waals surface area contributed by atoms with Crippen molar-refractivity contribution in [2.24, 2.45) is 0 Å². The minimum absolute atomic E-state index is 0.0434. The minimum atomic E-state index is -0.508. The normalized spacial score (nSPS) is 14.4. The van der Waals surface area contributed by atoms with Gasteiger partial charge in [0.15, 0.2) is 0 Å². The number of aromatic amines is 1. The van der Waals surface area contributed by atoms with Gasteiger partial charge in [0.25, 0.3) is 5.91 Å². The van der Waals surface area contributed by atoms with E-state index in [0.717, 1.165) is 24.2 Å². The van der Waals surface area contributed by atoms with E-state index in [1.807, 2.05) is 0 Å². The summed E-state index contributed by atoms with van der Waals surface area (Å²) in [5.41, 5.74) is 0.929. The molecule has 2 N–H and O–H groups in total. The van der Waals surface area contributed by atoms with Gasteiger partial charge >= 0.3 is 0 Å². The van der Waals surface area contributed by atoms with Crippen molar-refractivity contribution < 1.29 is 9.18 Å². The SMILES string of the molecule is Cc1ccc(NC(=O)c2n[nH]c(C3CC3)n2)c(F)c1. The molecule has 1 aliphatic carbocycles. The van der Waals surface area contributed by atoms with Crippen molar-refractivity contribution in [1.82, 2.24) is 15.2 Å². The third-order valence-electron chi connectivity index (χ3n) is 3.04. The number of aryl methyl sites for hydroxylation is 1. The van der Waals surface area contributed by atoms with Crippen LogP contribution in [0.15, 0.2) is 18.2 Å². The molecule has 1 aromatic heterocycles. The van der Waals surface area contributed by atoms with Crippen LogP contribution in [0.1, 0.15) is 40.8 Å². The molecule has 1 heterocycles. The van der Waals surface area contributed by atoms with E-state index in [2.05, 4.69) is 20.5 Å². The zero-order valence-corrected chi connectivity index (χ0v) is 10.4. The summed E-state index contributed by atoms with van der Waals surface area (Å²) in [5, 5.41) is 9.06. The quantitative estimate of drug-likeness (QED) is 0.890. The Hall–Kier alpha value is -2.24. The summed E-state index contributed by atoms with van der Waals surface area (Å²) in [7, 11) is 0. The van der Waals surface area contributed by atoms with Crippen molar-refractivity contribution in [3.05, 3.63) is 41.2 Å². The molecule has 1 amide bonds. The number of halogens is 1. The van der Waals surface area contributed by atoms with E-state index in [0.29, 0.717) is 5.92 Å². The molecule has 0 atom stereocenters. The predicted molar refractivity (Wildman–Crippen MR) is 67.4 cm³/mol. The molecule has 2 aromatic rings. The molecule has 1 aromatic carbocycles. The Morgan fingerprint density at radius 1 is 1.47 bits per heavy atom. The van der Waals surface area contributed by atoms with Gasteiger partial charge in [0.05, 0.1) is 5.69 Å². The molecule has 3 rings (SSSR count). The molecule has 0 bridgehead atoms. The van der Waals surface area contributed by atoms with E-state index >= 15 is 0 Å². The monoisotopic (exact) mass is 260 g/mol. The Bertz CT molecular complexity index is 633. The van der Waals surface area contributed by atoms with E-state index in [1.165, 1.54) is 12.1 Å². The summed E-state index contributed by atoms with van der Waals surface area (Å²) in [6.45, 7) is 1.78. The van der Waals surface area contributed by atoms with Gasteiger partial charge in [-0.15, -0.1) is 5.10 Å². The summed E-state index contributed by atoms with van der Waals surface area (Å²) in [5.74, 6) is 0.193. The standard InChI is InChI=1S/C13H13FN4O/c1-7-2-5-10(9(14)6-7)15-13(19)12-16-11(17-18-12)8-3-4-8/h2,5-6,8H,3-4H2,1H3,(H,15,19)(H,16,17,18). The van der Waals surface area contributed by atoms with Crippen molar-refractivity contribution >= 4 is 11.6 Å². The number of anilines is 1. The van der Waals surface area contributed by atoms with Gasteiger partial charge in [0.2, 0.25) is 5.82 Å². The third kappa shape index (κ3) is 2.47. The molecule has 6 heteroatoms. The summed E-state index contributed by atoms with van der Waals surface area (Å²) < 4.78 is 13.6. The number of benzene rings is 1. The lowest BCUT2D eigenvalue weighted by Gasteiger charge is -2.04. The van der Waals surface area contributed by atoms with Gasteiger partial charge in [-0.2, -0.15) is 0 Å². The second-order valence-electron chi connectivity index (χ2n) is 4.76. The maximum Gasteiger partial charge on any atom is 0.295 e. The molecule has 98 valence electrons. The highest BCUT2D eigenvalue weighted by Gasteiger charge is 2.28. The minimum Gasteiger partial charge on any atom is -0.317 e. The predicted octanol–water partition coefficient (Wildman–Crippen LogP) is 2.38. The molecule has 1 saturated carbocycles. The van der Waals surface area contributed by atoms with Crippen LogP contribution in [0, 0.1) is 12.7 Å². The smallest absolute Gasteiger partial charge is 0.295 e. The van der Waals surface area contributed by atoms with Crippen LogP contribution in [-0.4, -0.2) is 21.1 Å². The first-order valence-corrected chi connectivity index (χ1v) is 6.13. The average molecular weight is 260 g/mol. The fourth-order valence-corrected chi connectivity index (χ4v) is 1.81. The zero-order chi connectivity index (χ0) is 13.4. The number of carbonyl (C=O) groups excluding carboxylic acids is 1. The van der Waals surface area contributed by atoms with Crippen LogP contribution in [0.3, 0.4) is 0 Å². The number of carbonyl (C=O) groups is 1. The molecule has 19 heavy (non-hydrogen) atoms. The van der Waals surface area contributed by atoms with Gasteiger partial charge < -0.3 is 5.32 Å². The molecule has 0 spiro atoms. The Balaban J connectivity index is 1.76. The number of rotatable bonds is 3. The van der Waals surface area contributed by atoms with Gasteiger partial charge in [-0.3, -0.25) is 9.89 Å². The van der Waals surface area contributed by atoms with Crippen LogP contribution in [0.5, 0.6) is 0 Å². The lowest BCUT2D eigenvalue weighted by Crippen LogP contribution is -2.14. The third-order valence-corrected chi connectivity index (χ3v) is 3.04. The van der Waals surface area contributed by atoms with Gasteiger partial charge in [-0.05, 0) is 37.5 Å². The second kappa shape index (κ2) is 4.46. The number of nitrogens with one attached hydrogen (secondary N) is 2. The Kier molecular flexibility index (Phi) is 2.77. The second-order valence-corrected chi connectivity index (χ2v) is 4.76. The highest BCUT2D eigenvalue weighted by Crippen LogP contribution is 2.37. The Morgan fingerprint density at radius 2 is 2.26 bits per heavy atom. The molecule has 1 aliphatic rings. The van der Waals surface area contributed by atoms with Gasteiger partial charge in [0.1, 0.15) is 11.6 Å². The maximum absolute atomic E-state index is 13.6. The van der Waals surface area contributed by atoms with Crippen molar-refractivity contribution in [2.45, 2.75) is 25.7 Å². The van der Waals surface area contributed by atoms with Crippen molar-refractivity contribution in [3.63, 3.8) is 0 Å². The van der Waals surface area contributed by atoms with E-state index in [4.69, 9.17) is 0 Å². The lowest BCUT2D eigenvalue weighted by atomic mass is 10.2. The first-order valence-electron chi connectivity index (χ1n) is 6.13. The summed E-state index contributed by atoms with van der Waals surface area (Å²) in [6.07, 6.45) is 2.14. The first kappa shape index (κ1) is 11.8. The molecule has 0 radical (unpaired) electrons. The van der Waals surface area contributed by atoms with Crippen molar-refractivity contribution in [1.29, 1.82) is 0 Å². The fourth-order valence-electron chi connectivity index (χ4n) is 1.81. The van der Waals surface area contributed by atoms with Gasteiger partial charge in [0, 0.05) is 5.92 Å². The zero-order valence-electron chi connectivity index (χ0n) is 10.4. The molecular formula is C13H13FN4O. The number of hydrogen-bond donors (Lipinski definition) is 2. The molecular weight excluding hydrogens is 247 g/mol. The van der Waals surface area contributed by atoms with E-state index < -0.39 is 11.7 Å². The van der Waals surface area contributed by atoms with Gasteiger partial charge in [-0.25, -0.2) is 9.37 Å². The topological polar surface area (TPSA) is 70.7 Å². The van der Waals surface area contributed by atoms with Crippen LogP contribution in [-0.2, 0) is 0 Å². The Morgan fingerprint density at radius 3 is 2.95 bits per heavy atom. The van der Waals surface area contributed by atoms with Crippen LogP contribution >= 0.6 is 0 Å². The van der Waals surface area contributed by atoms with Crippen molar-refractivity contribution in [2.75, 3.05) is 5.32 Å². The van der Waals surface area contributed by atoms with Crippen LogP contribution in [0.25, 0.3) is 0 Å². The van der Waals surface area contributed by atoms with Crippen LogP contribution in [0.4, 0.5) is 10.1 Å². The Labute approximate surface area is 109 Å². The number of hydrogen-bond acceptors (Lipinski definition) is 3. The van der Waals surface area contributed by atoms with E-state index in [-0.39, 0.29) is 11.5 Å².